The molecular formula is C17H20N2O3. The molecule has 0 saturated heterocycles. The van der Waals surface area contributed by atoms with Crippen LogP contribution in [0.15, 0.2) is 48.5 Å². The summed E-state index contributed by atoms with van der Waals surface area (Å²) in [5.41, 5.74) is 2.03. The van der Waals surface area contributed by atoms with Gasteiger partial charge in [-0.15, -0.1) is 0 Å². The second-order valence-corrected chi connectivity index (χ2v) is 5.29. The predicted molar refractivity (Wildman–Crippen MR) is 86.1 cm³/mol. The Morgan fingerprint density at radius 2 is 1.95 bits per heavy atom. The van der Waals surface area contributed by atoms with E-state index in [1.807, 2.05) is 49.2 Å². The minimum atomic E-state index is -0.341. The fourth-order valence-electron chi connectivity index (χ4n) is 2.22. The summed E-state index contributed by atoms with van der Waals surface area (Å²) in [6, 6.07) is 14.7. The molecule has 22 heavy (non-hydrogen) atoms. The molecule has 0 spiro atoms. The van der Waals surface area contributed by atoms with Crippen molar-refractivity contribution in [3.05, 3.63) is 69.8 Å². The van der Waals surface area contributed by atoms with E-state index >= 15 is 0 Å². The van der Waals surface area contributed by atoms with E-state index in [9.17, 15) is 10.1 Å². The van der Waals surface area contributed by atoms with Crippen LogP contribution in [0.25, 0.3) is 0 Å². The van der Waals surface area contributed by atoms with E-state index in [2.05, 4.69) is 0 Å². The number of nitro benzene ring substituents is 1. The molecule has 0 aliphatic carbocycles. The molecular weight excluding hydrogens is 280 g/mol. The van der Waals surface area contributed by atoms with Gasteiger partial charge in [0, 0.05) is 24.7 Å². The van der Waals surface area contributed by atoms with Gasteiger partial charge >= 0.3 is 0 Å². The molecule has 5 nitrogen and oxygen atoms in total. The molecule has 0 fully saturated rings. The number of hydrogen-bond donors (Lipinski definition) is 0. The Labute approximate surface area is 130 Å². The van der Waals surface area contributed by atoms with Crippen molar-refractivity contribution in [2.45, 2.75) is 13.5 Å². The molecule has 0 saturated carbocycles. The van der Waals surface area contributed by atoms with Crippen LogP contribution in [-0.2, 0) is 6.54 Å². The molecule has 2 aromatic rings. The molecule has 5 heteroatoms. The van der Waals surface area contributed by atoms with Gasteiger partial charge in [0.2, 0.25) is 0 Å². The standard InChI is InChI=1S/C17H20N2O3/c1-14-6-5-8-16(12-14)22-11-10-18(2)13-15-7-3-4-9-17(15)19(20)21/h3-9,12H,10-11,13H2,1-2H3. The highest BCUT2D eigenvalue weighted by atomic mass is 16.6. The Kier molecular flexibility index (Phi) is 5.49. The highest BCUT2D eigenvalue weighted by Crippen LogP contribution is 2.19. The summed E-state index contributed by atoms with van der Waals surface area (Å²) < 4.78 is 5.70. The predicted octanol–water partition coefficient (Wildman–Crippen LogP) is 3.41. The van der Waals surface area contributed by atoms with E-state index in [1.54, 1.807) is 12.1 Å². The van der Waals surface area contributed by atoms with E-state index in [4.69, 9.17) is 4.74 Å². The molecule has 0 radical (unpaired) electrons. The van der Waals surface area contributed by atoms with E-state index in [0.29, 0.717) is 25.3 Å². The van der Waals surface area contributed by atoms with E-state index in [0.717, 1.165) is 11.3 Å². The zero-order valence-corrected chi connectivity index (χ0v) is 12.9. The molecule has 2 aromatic carbocycles. The third-order valence-corrected chi connectivity index (χ3v) is 3.36. The van der Waals surface area contributed by atoms with Crippen molar-refractivity contribution in [2.24, 2.45) is 0 Å². The van der Waals surface area contributed by atoms with Gasteiger partial charge in [0.15, 0.2) is 0 Å². The molecule has 0 aromatic heterocycles. The lowest BCUT2D eigenvalue weighted by Crippen LogP contribution is -2.24. The topological polar surface area (TPSA) is 55.6 Å². The van der Waals surface area contributed by atoms with Crippen molar-refractivity contribution < 1.29 is 9.66 Å². The lowest BCUT2D eigenvalue weighted by molar-refractivity contribution is -0.385. The smallest absolute Gasteiger partial charge is 0.273 e. The van der Waals surface area contributed by atoms with Crippen LogP contribution in [0.3, 0.4) is 0 Å². The minimum Gasteiger partial charge on any atom is -0.492 e. The zero-order chi connectivity index (χ0) is 15.9. The van der Waals surface area contributed by atoms with Gasteiger partial charge in [-0.25, -0.2) is 0 Å². The van der Waals surface area contributed by atoms with E-state index in [1.165, 1.54) is 6.07 Å². The number of para-hydroxylation sites is 1. The number of ether oxygens (including phenoxy) is 1. The number of rotatable bonds is 7. The summed E-state index contributed by atoms with van der Waals surface area (Å²) in [6.07, 6.45) is 0. The molecule has 0 bridgehead atoms. The van der Waals surface area contributed by atoms with Gasteiger partial charge in [-0.1, -0.05) is 30.3 Å². The molecule has 0 atom stereocenters. The molecule has 0 unspecified atom stereocenters. The summed E-state index contributed by atoms with van der Waals surface area (Å²) in [4.78, 5) is 12.7. The fourth-order valence-corrected chi connectivity index (χ4v) is 2.22. The van der Waals surface area contributed by atoms with Gasteiger partial charge in [-0.05, 0) is 31.7 Å². The number of nitrogens with zero attached hydrogens (tertiary/aromatic N) is 2. The first-order valence-electron chi connectivity index (χ1n) is 7.16. The molecule has 0 aliphatic rings. The summed E-state index contributed by atoms with van der Waals surface area (Å²) in [7, 11) is 1.93. The normalized spacial score (nSPS) is 10.7. The van der Waals surface area contributed by atoms with Gasteiger partial charge in [0.25, 0.3) is 5.69 Å². The van der Waals surface area contributed by atoms with Crippen molar-refractivity contribution in [3.8, 4) is 5.75 Å². The first-order valence-corrected chi connectivity index (χ1v) is 7.16. The van der Waals surface area contributed by atoms with Crippen molar-refractivity contribution >= 4 is 5.69 Å². The summed E-state index contributed by atoms with van der Waals surface area (Å²) >= 11 is 0. The summed E-state index contributed by atoms with van der Waals surface area (Å²) in [5, 5.41) is 11.0. The fraction of sp³-hybridized carbons (Fsp3) is 0.294. The largest absolute Gasteiger partial charge is 0.492 e. The summed E-state index contributed by atoms with van der Waals surface area (Å²) in [5.74, 6) is 0.846. The molecule has 0 N–H and O–H groups in total. The lowest BCUT2D eigenvalue weighted by atomic mass is 10.1. The van der Waals surface area contributed by atoms with E-state index in [-0.39, 0.29) is 10.6 Å². The number of aryl methyl sites for hydroxylation is 1. The van der Waals surface area contributed by atoms with Crippen molar-refractivity contribution in [1.82, 2.24) is 4.90 Å². The van der Waals surface area contributed by atoms with Crippen LogP contribution >= 0.6 is 0 Å². The Balaban J connectivity index is 1.86. The maximum atomic E-state index is 11.0. The Hall–Kier alpha value is -2.40. The molecule has 2 rings (SSSR count). The second kappa shape index (κ2) is 7.56. The van der Waals surface area contributed by atoms with Gasteiger partial charge in [0.05, 0.1) is 4.92 Å². The average molecular weight is 300 g/mol. The first kappa shape index (κ1) is 16.0. The number of hydrogen-bond acceptors (Lipinski definition) is 4. The third kappa shape index (κ3) is 4.56. The highest BCUT2D eigenvalue weighted by molar-refractivity contribution is 5.39. The van der Waals surface area contributed by atoms with Crippen LogP contribution in [0.4, 0.5) is 5.69 Å². The van der Waals surface area contributed by atoms with Crippen molar-refractivity contribution in [2.75, 3.05) is 20.2 Å². The number of nitro groups is 1. The maximum Gasteiger partial charge on any atom is 0.273 e. The van der Waals surface area contributed by atoms with E-state index < -0.39 is 0 Å². The van der Waals surface area contributed by atoms with Crippen LogP contribution in [0.2, 0.25) is 0 Å². The summed E-state index contributed by atoms with van der Waals surface area (Å²) in [6.45, 7) is 3.78. The second-order valence-electron chi connectivity index (χ2n) is 5.29. The van der Waals surface area contributed by atoms with Crippen LogP contribution in [-0.4, -0.2) is 30.0 Å². The monoisotopic (exact) mass is 300 g/mol. The highest BCUT2D eigenvalue weighted by Gasteiger charge is 2.13. The number of likely N-dealkylation sites (N-methyl/N-ethyl adjacent to an activating group) is 1. The third-order valence-electron chi connectivity index (χ3n) is 3.36. The number of benzene rings is 2. The Morgan fingerprint density at radius 1 is 1.18 bits per heavy atom. The Bertz CT molecular complexity index is 643. The molecule has 0 amide bonds. The van der Waals surface area contributed by atoms with Crippen molar-refractivity contribution in [1.29, 1.82) is 0 Å². The Morgan fingerprint density at radius 3 is 2.68 bits per heavy atom. The SMILES string of the molecule is Cc1cccc(OCCN(C)Cc2ccccc2[N+](=O)[O-])c1. The first-order chi connectivity index (χ1) is 10.6. The van der Waals surface area contributed by atoms with Gasteiger partial charge < -0.3 is 4.74 Å². The van der Waals surface area contributed by atoms with Crippen LogP contribution in [0.1, 0.15) is 11.1 Å². The quantitative estimate of drug-likeness (QED) is 0.581. The van der Waals surface area contributed by atoms with Gasteiger partial charge in [-0.3, -0.25) is 15.0 Å². The molecule has 0 aliphatic heterocycles. The lowest BCUT2D eigenvalue weighted by Gasteiger charge is -2.17. The van der Waals surface area contributed by atoms with Crippen molar-refractivity contribution in [3.63, 3.8) is 0 Å². The maximum absolute atomic E-state index is 11.0. The van der Waals surface area contributed by atoms with Gasteiger partial charge in [0.1, 0.15) is 12.4 Å². The van der Waals surface area contributed by atoms with Gasteiger partial charge in [-0.2, -0.15) is 0 Å². The molecule has 0 heterocycles. The molecule has 116 valence electrons. The van der Waals surface area contributed by atoms with Crippen LogP contribution < -0.4 is 4.74 Å². The van der Waals surface area contributed by atoms with Crippen LogP contribution in [0, 0.1) is 17.0 Å². The minimum absolute atomic E-state index is 0.161. The zero-order valence-electron chi connectivity index (χ0n) is 12.9. The van der Waals surface area contributed by atoms with Crippen LogP contribution in [0.5, 0.6) is 5.75 Å². The average Bonchev–Trinajstić information content (AvgIpc) is 2.47.